The lowest BCUT2D eigenvalue weighted by atomic mass is 10.0. The molecule has 0 aliphatic heterocycles. The van der Waals surface area contributed by atoms with Gasteiger partial charge in [-0.1, -0.05) is 245 Å². The van der Waals surface area contributed by atoms with Crippen LogP contribution in [0.25, 0.3) is 0 Å². The maximum absolute atomic E-state index is 12.8. The van der Waals surface area contributed by atoms with Crippen LogP contribution in [-0.4, -0.2) is 75.5 Å². The van der Waals surface area contributed by atoms with Crippen molar-refractivity contribution in [3.63, 3.8) is 0 Å². The molecule has 0 aliphatic carbocycles. The van der Waals surface area contributed by atoms with E-state index in [1.165, 1.54) is 205 Å². The van der Waals surface area contributed by atoms with Gasteiger partial charge in [0.2, 0.25) is 0 Å². The normalized spacial score (nSPS) is 12.7. The molecule has 0 bridgehead atoms. The van der Waals surface area contributed by atoms with Crippen LogP contribution in [0.3, 0.4) is 0 Å². The minimum Gasteiger partial charge on any atom is -0.544 e. The number of quaternary nitrogens is 1. The minimum atomic E-state index is -1.12. The summed E-state index contributed by atoms with van der Waals surface area (Å²) in [4.78, 5) is 37.1. The van der Waals surface area contributed by atoms with Crippen molar-refractivity contribution >= 4 is 17.9 Å². The molecule has 0 radical (unpaired) electrons. The van der Waals surface area contributed by atoms with E-state index in [1.807, 2.05) is 21.1 Å². The van der Waals surface area contributed by atoms with Crippen molar-refractivity contribution < 1.29 is 38.2 Å². The van der Waals surface area contributed by atoms with Gasteiger partial charge in [0.15, 0.2) is 6.10 Å². The lowest BCUT2D eigenvalue weighted by molar-refractivity contribution is -0.889. The predicted octanol–water partition coefficient (Wildman–Crippen LogP) is 14.3. The molecular weight excluding hydrogens is 775 g/mol. The van der Waals surface area contributed by atoms with Crippen LogP contribution in [0, 0.1) is 0 Å². The zero-order chi connectivity index (χ0) is 45.6. The van der Waals surface area contributed by atoms with Gasteiger partial charge in [-0.2, -0.15) is 0 Å². The zero-order valence-electron chi connectivity index (χ0n) is 42.1. The standard InChI is InChI=1S/C54H105NO7/c1-6-8-10-12-14-16-18-20-22-24-25-26-27-28-29-31-33-35-37-39-41-43-45-53(57)62-50(48-60-47-46-51(54(58)59)55(3,4)5)49-61-52(56)44-42-40-38-36-34-32-30-23-21-19-17-15-13-11-9-7-2/h50-51H,6-49H2,1-5H3. The van der Waals surface area contributed by atoms with Crippen molar-refractivity contribution in [1.82, 2.24) is 0 Å². The molecule has 8 nitrogen and oxygen atoms in total. The summed E-state index contributed by atoms with van der Waals surface area (Å²) in [5, 5.41) is 11.7. The van der Waals surface area contributed by atoms with E-state index in [4.69, 9.17) is 14.2 Å². The monoisotopic (exact) mass is 880 g/mol. The lowest BCUT2D eigenvalue weighted by Gasteiger charge is -2.34. The van der Waals surface area contributed by atoms with Crippen LogP contribution in [0.2, 0.25) is 0 Å². The molecule has 0 amide bonds. The lowest BCUT2D eigenvalue weighted by Crippen LogP contribution is -2.55. The SMILES string of the molecule is CCCCCCCCCCCCCCCCCCCCCCCCC(=O)OC(COCCC(C(=O)[O-])[N+](C)(C)C)COC(=O)CCCCCCCCCCCCCCCCCC. The highest BCUT2D eigenvalue weighted by Gasteiger charge is 2.25. The number of hydrogen-bond donors (Lipinski definition) is 0. The Morgan fingerprint density at radius 1 is 0.419 bits per heavy atom. The van der Waals surface area contributed by atoms with Gasteiger partial charge in [0, 0.05) is 19.3 Å². The summed E-state index contributed by atoms with van der Waals surface area (Å²) < 4.78 is 17.3. The van der Waals surface area contributed by atoms with Crippen molar-refractivity contribution in [3.8, 4) is 0 Å². The Bertz CT molecular complexity index is 982. The number of carboxylic acids is 1. The number of hydrogen-bond acceptors (Lipinski definition) is 7. The van der Waals surface area contributed by atoms with E-state index in [-0.39, 0.29) is 42.7 Å². The number of nitrogens with zero attached hydrogens (tertiary/aromatic N) is 1. The molecule has 0 saturated carbocycles. The van der Waals surface area contributed by atoms with Gasteiger partial charge < -0.3 is 28.6 Å². The molecule has 0 fully saturated rings. The molecule has 8 heteroatoms. The molecule has 0 heterocycles. The summed E-state index contributed by atoms with van der Waals surface area (Å²) in [5.74, 6) is -1.70. The van der Waals surface area contributed by atoms with Crippen LogP contribution in [0.4, 0.5) is 0 Å². The Labute approximate surface area is 385 Å². The van der Waals surface area contributed by atoms with Gasteiger partial charge >= 0.3 is 11.9 Å². The highest BCUT2D eigenvalue weighted by Crippen LogP contribution is 2.17. The molecule has 0 aliphatic rings. The third kappa shape index (κ3) is 43.6. The number of carbonyl (C=O) groups is 3. The summed E-state index contributed by atoms with van der Waals surface area (Å²) in [5.41, 5.74) is 0. The fourth-order valence-electron chi connectivity index (χ4n) is 8.55. The van der Waals surface area contributed by atoms with E-state index in [0.717, 1.165) is 38.5 Å². The van der Waals surface area contributed by atoms with Crippen LogP contribution < -0.4 is 5.11 Å². The van der Waals surface area contributed by atoms with Crippen LogP contribution in [0.5, 0.6) is 0 Å². The largest absolute Gasteiger partial charge is 0.544 e. The molecule has 2 unspecified atom stereocenters. The van der Waals surface area contributed by atoms with E-state index >= 15 is 0 Å². The molecule has 0 aromatic heterocycles. The number of rotatable bonds is 50. The van der Waals surface area contributed by atoms with Crippen molar-refractivity contribution in [2.45, 2.75) is 289 Å². The van der Waals surface area contributed by atoms with Gasteiger partial charge in [0.05, 0.1) is 40.3 Å². The number of carboxylic acid groups (broad SMARTS) is 1. The summed E-state index contributed by atoms with van der Waals surface area (Å²) in [6.07, 6.45) is 49.9. The summed E-state index contributed by atoms with van der Waals surface area (Å²) in [6.45, 7) is 4.73. The third-order valence-electron chi connectivity index (χ3n) is 12.7. The third-order valence-corrected chi connectivity index (χ3v) is 12.7. The average Bonchev–Trinajstić information content (AvgIpc) is 3.23. The number of carbonyl (C=O) groups excluding carboxylic acids is 3. The van der Waals surface area contributed by atoms with E-state index in [2.05, 4.69) is 13.8 Å². The van der Waals surface area contributed by atoms with Gasteiger partial charge in [-0.3, -0.25) is 9.59 Å². The van der Waals surface area contributed by atoms with E-state index in [1.54, 1.807) is 0 Å². The first-order valence-electron chi connectivity index (χ1n) is 27.1. The first-order chi connectivity index (χ1) is 30.1. The smallest absolute Gasteiger partial charge is 0.306 e. The Hall–Kier alpha value is -1.67. The Morgan fingerprint density at radius 3 is 1.00 bits per heavy atom. The minimum absolute atomic E-state index is 0.0499. The van der Waals surface area contributed by atoms with Crippen LogP contribution in [-0.2, 0) is 28.6 Å². The van der Waals surface area contributed by atoms with Crippen molar-refractivity contribution in [2.24, 2.45) is 0 Å². The average molecular weight is 880 g/mol. The first-order valence-corrected chi connectivity index (χ1v) is 27.1. The van der Waals surface area contributed by atoms with Crippen LogP contribution in [0.15, 0.2) is 0 Å². The van der Waals surface area contributed by atoms with Crippen molar-refractivity contribution in [1.29, 1.82) is 0 Å². The molecule has 0 saturated heterocycles. The van der Waals surface area contributed by atoms with Crippen molar-refractivity contribution in [2.75, 3.05) is 41.0 Å². The van der Waals surface area contributed by atoms with E-state index in [0.29, 0.717) is 12.8 Å². The highest BCUT2D eigenvalue weighted by atomic mass is 16.6. The van der Waals surface area contributed by atoms with E-state index < -0.39 is 18.1 Å². The summed E-state index contributed by atoms with van der Waals surface area (Å²) in [6, 6.07) is -0.720. The number of aliphatic carboxylic acids is 1. The molecular formula is C54H105NO7. The van der Waals surface area contributed by atoms with Gasteiger partial charge in [-0.05, 0) is 12.8 Å². The Kier molecular flexibility index (Phi) is 44.6. The fraction of sp³-hybridized carbons (Fsp3) is 0.944. The second-order valence-electron chi connectivity index (χ2n) is 19.8. The number of unbranched alkanes of at least 4 members (excludes halogenated alkanes) is 36. The van der Waals surface area contributed by atoms with Crippen LogP contribution in [0.1, 0.15) is 277 Å². The van der Waals surface area contributed by atoms with Gasteiger partial charge in [-0.25, -0.2) is 0 Å². The Balaban J connectivity index is 4.14. The zero-order valence-corrected chi connectivity index (χ0v) is 42.1. The second kappa shape index (κ2) is 45.9. The fourth-order valence-corrected chi connectivity index (χ4v) is 8.55. The van der Waals surface area contributed by atoms with Gasteiger partial charge in [0.1, 0.15) is 12.6 Å². The summed E-state index contributed by atoms with van der Waals surface area (Å²) >= 11 is 0. The molecule has 0 spiro atoms. The summed E-state index contributed by atoms with van der Waals surface area (Å²) in [7, 11) is 5.43. The molecule has 0 aromatic rings. The first kappa shape index (κ1) is 60.3. The quantitative estimate of drug-likeness (QED) is 0.0341. The second-order valence-corrected chi connectivity index (χ2v) is 19.8. The van der Waals surface area contributed by atoms with Crippen molar-refractivity contribution in [3.05, 3.63) is 0 Å². The number of likely N-dealkylation sites (N-methyl/N-ethyl adjacent to an activating group) is 1. The Morgan fingerprint density at radius 2 is 0.710 bits per heavy atom. The van der Waals surface area contributed by atoms with Crippen LogP contribution >= 0.6 is 0 Å². The predicted molar refractivity (Wildman–Crippen MR) is 259 cm³/mol. The number of esters is 2. The maximum Gasteiger partial charge on any atom is 0.306 e. The van der Waals surface area contributed by atoms with Gasteiger partial charge in [0.25, 0.3) is 0 Å². The van der Waals surface area contributed by atoms with E-state index in [9.17, 15) is 19.5 Å². The van der Waals surface area contributed by atoms with Gasteiger partial charge in [-0.15, -0.1) is 0 Å². The topological polar surface area (TPSA) is 102 Å². The highest BCUT2D eigenvalue weighted by molar-refractivity contribution is 5.70. The molecule has 0 rings (SSSR count). The maximum atomic E-state index is 12.8. The number of ether oxygens (including phenoxy) is 3. The molecule has 2 atom stereocenters. The molecule has 0 N–H and O–H groups in total. The molecule has 0 aromatic carbocycles. The molecule has 368 valence electrons. The molecule has 62 heavy (non-hydrogen) atoms.